The quantitative estimate of drug-likeness (QED) is 0.488. The zero-order chi connectivity index (χ0) is 18.2. The highest BCUT2D eigenvalue weighted by atomic mass is 19.1. The van der Waals surface area contributed by atoms with Crippen LogP contribution in [0.5, 0.6) is 11.5 Å². The maximum atomic E-state index is 13.2. The van der Waals surface area contributed by atoms with Crippen LogP contribution in [0.4, 0.5) is 10.1 Å². The number of hydrogen-bond acceptors (Lipinski definition) is 3. The fourth-order valence-electron chi connectivity index (χ4n) is 2.75. The van der Waals surface area contributed by atoms with Crippen LogP contribution in [0.2, 0.25) is 0 Å². The molecule has 138 valence electrons. The van der Waals surface area contributed by atoms with Crippen molar-refractivity contribution in [2.45, 2.75) is 19.3 Å². The van der Waals surface area contributed by atoms with E-state index in [0.29, 0.717) is 19.2 Å². The molecule has 5 nitrogen and oxygen atoms in total. The molecule has 0 atom stereocenters. The number of ether oxygens (including phenoxy) is 2. The van der Waals surface area contributed by atoms with Gasteiger partial charge in [0.25, 0.3) is 0 Å². The molecule has 0 aromatic heterocycles. The molecule has 6 heteroatoms. The Morgan fingerprint density at radius 2 is 1.96 bits per heavy atom. The molecular weight excluding hydrogens is 333 g/mol. The molecule has 0 unspecified atom stereocenters. The van der Waals surface area contributed by atoms with E-state index >= 15 is 0 Å². The first-order chi connectivity index (χ1) is 12.7. The Balaban J connectivity index is 1.49. The van der Waals surface area contributed by atoms with Crippen molar-refractivity contribution < 1.29 is 13.9 Å². The average molecular weight is 357 g/mol. The lowest BCUT2D eigenvalue weighted by Crippen LogP contribution is -2.31. The number of hydrogen-bond donors (Lipinski definition) is 2. The van der Waals surface area contributed by atoms with Gasteiger partial charge in [0.2, 0.25) is 0 Å². The van der Waals surface area contributed by atoms with Gasteiger partial charge in [-0.1, -0.05) is 12.1 Å². The molecule has 0 aliphatic carbocycles. The first-order valence-electron chi connectivity index (χ1n) is 8.86. The van der Waals surface area contributed by atoms with Gasteiger partial charge in [-0.3, -0.25) is 4.99 Å². The van der Waals surface area contributed by atoms with Crippen molar-refractivity contribution in [2.24, 2.45) is 4.99 Å². The van der Waals surface area contributed by atoms with E-state index in [1.54, 1.807) is 19.2 Å². The van der Waals surface area contributed by atoms with Gasteiger partial charge >= 0.3 is 0 Å². The van der Waals surface area contributed by atoms with Crippen molar-refractivity contribution in [1.82, 2.24) is 5.32 Å². The molecule has 0 saturated heterocycles. The largest absolute Gasteiger partial charge is 0.490 e. The van der Waals surface area contributed by atoms with Gasteiger partial charge in [0.1, 0.15) is 5.82 Å². The summed E-state index contributed by atoms with van der Waals surface area (Å²) in [5.41, 5.74) is 1.88. The number of rotatable bonds is 5. The molecule has 26 heavy (non-hydrogen) atoms. The normalized spacial score (nSPS) is 13.8. The Kier molecular flexibility index (Phi) is 6.30. The number of guanidine groups is 1. The van der Waals surface area contributed by atoms with Crippen molar-refractivity contribution in [1.29, 1.82) is 0 Å². The third-order valence-corrected chi connectivity index (χ3v) is 4.06. The maximum absolute atomic E-state index is 13.2. The van der Waals surface area contributed by atoms with E-state index in [0.717, 1.165) is 48.6 Å². The van der Waals surface area contributed by atoms with Crippen molar-refractivity contribution in [3.8, 4) is 11.5 Å². The van der Waals surface area contributed by atoms with Crippen molar-refractivity contribution in [3.63, 3.8) is 0 Å². The highest BCUT2D eigenvalue weighted by Crippen LogP contribution is 2.32. The van der Waals surface area contributed by atoms with Crippen LogP contribution in [0.15, 0.2) is 47.5 Å². The summed E-state index contributed by atoms with van der Waals surface area (Å²) in [5, 5.41) is 6.52. The number of anilines is 1. The molecule has 0 spiro atoms. The molecule has 1 heterocycles. The standard InChI is InChI=1S/C20H24FN3O2/c1-22-20(23-10-3-6-15-5-2-7-16(21)13-15)24-17-8-9-18-19(14-17)26-12-4-11-25-18/h2,5,7-9,13-14H,3-4,6,10-12H2,1H3,(H2,22,23,24). The Labute approximate surface area is 153 Å². The van der Waals surface area contributed by atoms with Crippen LogP contribution >= 0.6 is 0 Å². The molecule has 1 aliphatic heterocycles. The Morgan fingerprint density at radius 3 is 2.77 bits per heavy atom. The number of aliphatic imine (C=N–C) groups is 1. The Hall–Kier alpha value is -2.76. The number of nitrogens with one attached hydrogen (secondary N) is 2. The van der Waals surface area contributed by atoms with E-state index < -0.39 is 0 Å². The van der Waals surface area contributed by atoms with Gasteiger partial charge in [-0.2, -0.15) is 0 Å². The lowest BCUT2D eigenvalue weighted by molar-refractivity contribution is 0.297. The van der Waals surface area contributed by atoms with Gasteiger partial charge in [-0.15, -0.1) is 0 Å². The molecule has 0 saturated carbocycles. The highest BCUT2D eigenvalue weighted by molar-refractivity contribution is 5.93. The van der Waals surface area contributed by atoms with Crippen molar-refractivity contribution in [2.75, 3.05) is 32.1 Å². The molecule has 0 fully saturated rings. The summed E-state index contributed by atoms with van der Waals surface area (Å²) >= 11 is 0. The van der Waals surface area contributed by atoms with Gasteiger partial charge in [0, 0.05) is 31.8 Å². The van der Waals surface area contributed by atoms with Crippen LogP contribution < -0.4 is 20.1 Å². The van der Waals surface area contributed by atoms with E-state index in [9.17, 15) is 4.39 Å². The minimum Gasteiger partial charge on any atom is -0.490 e. The number of halogens is 1. The fourth-order valence-corrected chi connectivity index (χ4v) is 2.75. The lowest BCUT2D eigenvalue weighted by atomic mass is 10.1. The van der Waals surface area contributed by atoms with Gasteiger partial charge in [0.05, 0.1) is 13.2 Å². The summed E-state index contributed by atoms with van der Waals surface area (Å²) in [5.74, 6) is 2.00. The number of nitrogens with zero attached hydrogens (tertiary/aromatic N) is 1. The monoisotopic (exact) mass is 357 g/mol. The van der Waals surface area contributed by atoms with Crippen LogP contribution in [0.25, 0.3) is 0 Å². The summed E-state index contributed by atoms with van der Waals surface area (Å²) < 4.78 is 24.5. The molecule has 2 aromatic rings. The summed E-state index contributed by atoms with van der Waals surface area (Å²) in [6.07, 6.45) is 2.57. The van der Waals surface area contributed by atoms with Crippen LogP contribution in [0.1, 0.15) is 18.4 Å². The topological polar surface area (TPSA) is 54.9 Å². The molecule has 1 aliphatic rings. The Morgan fingerprint density at radius 1 is 1.12 bits per heavy atom. The number of fused-ring (bicyclic) bond motifs is 1. The fraction of sp³-hybridized carbons (Fsp3) is 0.350. The second kappa shape index (κ2) is 9.08. The predicted octanol–water partition coefficient (Wildman–Crippen LogP) is 3.61. The SMILES string of the molecule is CN=C(NCCCc1cccc(F)c1)Nc1ccc2c(c1)OCCCO2. The van der Waals surface area contributed by atoms with Gasteiger partial charge < -0.3 is 20.1 Å². The number of aryl methyl sites for hydroxylation is 1. The summed E-state index contributed by atoms with van der Waals surface area (Å²) in [7, 11) is 1.73. The molecule has 2 aromatic carbocycles. The molecule has 0 bridgehead atoms. The average Bonchev–Trinajstić information content (AvgIpc) is 2.89. The van der Waals surface area contributed by atoms with Crippen LogP contribution in [0, 0.1) is 5.82 Å². The van der Waals surface area contributed by atoms with Crippen molar-refractivity contribution >= 4 is 11.6 Å². The van der Waals surface area contributed by atoms with E-state index in [1.165, 1.54) is 6.07 Å². The predicted molar refractivity (Wildman–Crippen MR) is 102 cm³/mol. The number of benzene rings is 2. The van der Waals surface area contributed by atoms with E-state index in [4.69, 9.17) is 9.47 Å². The van der Waals surface area contributed by atoms with Crippen LogP contribution in [-0.2, 0) is 6.42 Å². The molecule has 0 amide bonds. The smallest absolute Gasteiger partial charge is 0.195 e. The summed E-state index contributed by atoms with van der Waals surface area (Å²) in [6, 6.07) is 12.5. The lowest BCUT2D eigenvalue weighted by Gasteiger charge is -2.14. The minimum absolute atomic E-state index is 0.192. The molecular formula is C20H24FN3O2. The maximum Gasteiger partial charge on any atom is 0.195 e. The molecule has 3 rings (SSSR count). The summed E-state index contributed by atoms with van der Waals surface area (Å²) in [4.78, 5) is 4.23. The van der Waals surface area contributed by atoms with Crippen molar-refractivity contribution in [3.05, 3.63) is 53.8 Å². The van der Waals surface area contributed by atoms with Gasteiger partial charge in [-0.05, 0) is 42.7 Å². The van der Waals surface area contributed by atoms with E-state index in [1.807, 2.05) is 24.3 Å². The minimum atomic E-state index is -0.192. The molecule has 0 radical (unpaired) electrons. The van der Waals surface area contributed by atoms with Crippen LogP contribution in [0.3, 0.4) is 0 Å². The second-order valence-corrected chi connectivity index (χ2v) is 6.07. The van der Waals surface area contributed by atoms with Crippen LogP contribution in [-0.4, -0.2) is 32.8 Å². The van der Waals surface area contributed by atoms with Gasteiger partial charge in [0.15, 0.2) is 17.5 Å². The zero-order valence-corrected chi connectivity index (χ0v) is 14.9. The zero-order valence-electron chi connectivity index (χ0n) is 14.9. The third-order valence-electron chi connectivity index (χ3n) is 4.06. The second-order valence-electron chi connectivity index (χ2n) is 6.07. The Bertz CT molecular complexity index is 764. The summed E-state index contributed by atoms with van der Waals surface area (Å²) in [6.45, 7) is 2.07. The highest BCUT2D eigenvalue weighted by Gasteiger charge is 2.11. The van der Waals surface area contributed by atoms with Gasteiger partial charge in [-0.25, -0.2) is 4.39 Å². The molecule has 2 N–H and O–H groups in total. The first-order valence-corrected chi connectivity index (χ1v) is 8.86. The first kappa shape index (κ1) is 18.0. The third kappa shape index (κ3) is 5.12. The van der Waals surface area contributed by atoms with E-state index in [2.05, 4.69) is 15.6 Å². The van der Waals surface area contributed by atoms with E-state index in [-0.39, 0.29) is 5.82 Å².